The number of phosphoric acid groups is 2. The van der Waals surface area contributed by atoms with Gasteiger partial charge >= 0.3 is 86.8 Å². The molecule has 22 nitrogen and oxygen atoms in total. The molecule has 16 N–H and O–H groups in total. The second-order valence-corrected chi connectivity index (χ2v) is 3.83. The maximum absolute atomic E-state index is 8.88. The summed E-state index contributed by atoms with van der Waals surface area (Å²) in [5.41, 5.74) is 0. The van der Waals surface area contributed by atoms with Crippen molar-refractivity contribution in [1.82, 2.24) is 0 Å². The van der Waals surface area contributed by atoms with Crippen molar-refractivity contribution < 1.29 is 182 Å². The molecule has 0 aromatic heterocycles. The van der Waals surface area contributed by atoms with Gasteiger partial charge in [-0.3, -0.25) is 0 Å². The van der Waals surface area contributed by atoms with Crippen LogP contribution in [0.4, 0.5) is 14.4 Å². The number of carboxylic acid groups (broad SMARTS) is 6. The van der Waals surface area contributed by atoms with Crippen LogP contribution in [0.25, 0.3) is 0 Å². The Hall–Kier alpha value is 0.220. The summed E-state index contributed by atoms with van der Waals surface area (Å²) in [6, 6.07) is 0. The molecule has 0 bridgehead atoms. The predicted molar refractivity (Wildman–Crippen MR) is 62.8 cm³/mol. The molecule has 0 unspecified atom stereocenters. The third kappa shape index (κ3) is 402000. The van der Waals surface area contributed by atoms with Gasteiger partial charge in [0.05, 0.1) is 0 Å². The molecule has 0 aromatic carbocycles. The summed E-state index contributed by atoms with van der Waals surface area (Å²) in [6.07, 6.45) is -7.00. The van der Waals surface area contributed by atoms with Crippen LogP contribution in [0.3, 0.4) is 0 Å². The molecular formula is C3H16La2O22P2. The summed E-state index contributed by atoms with van der Waals surface area (Å²) in [4.78, 5) is 68.1. The molecule has 0 aromatic rings. The molecule has 29 heavy (non-hydrogen) atoms. The minimum Gasteiger partial charge on any atom is -0.652 e. The first-order chi connectivity index (χ1) is 9.20. The van der Waals surface area contributed by atoms with Crippen molar-refractivity contribution in [3.05, 3.63) is 0 Å². The Labute approximate surface area is 214 Å². The minimum absolute atomic E-state index is 0. The van der Waals surface area contributed by atoms with Crippen LogP contribution < -0.4 is 30.6 Å². The van der Waals surface area contributed by atoms with Crippen molar-refractivity contribution >= 4 is 34.1 Å². The Bertz CT molecular complexity index is 320. The van der Waals surface area contributed by atoms with Crippen molar-refractivity contribution in [1.29, 1.82) is 0 Å². The fourth-order valence-corrected chi connectivity index (χ4v) is 0. The molecule has 0 fully saturated rings. The first-order valence-corrected chi connectivity index (χ1v) is 6.53. The Morgan fingerprint density at radius 2 is 0.448 bits per heavy atom. The molecule has 0 aliphatic heterocycles. The zero-order valence-electron chi connectivity index (χ0n) is 13.2. The van der Waals surface area contributed by atoms with Gasteiger partial charge in [-0.15, -0.1) is 0 Å². The van der Waals surface area contributed by atoms with Crippen LogP contribution >= 0.6 is 15.6 Å². The van der Waals surface area contributed by atoms with Crippen LogP contribution in [0.2, 0.25) is 0 Å². The van der Waals surface area contributed by atoms with E-state index in [1.807, 2.05) is 0 Å². The summed E-state index contributed by atoms with van der Waals surface area (Å²) in [5, 5.41) is 50.0. The van der Waals surface area contributed by atoms with Crippen LogP contribution in [-0.4, -0.2) is 75.2 Å². The van der Waals surface area contributed by atoms with Gasteiger partial charge in [-0.05, 0) is 18.5 Å². The Balaban J connectivity index is -0.0000000118. The van der Waals surface area contributed by atoms with Crippen molar-refractivity contribution in [3.8, 4) is 0 Å². The van der Waals surface area contributed by atoms with Crippen molar-refractivity contribution in [2.45, 2.75) is 0 Å². The first kappa shape index (κ1) is 78.5. The molecule has 0 aliphatic rings. The second-order valence-electron chi connectivity index (χ2n) is 1.78. The van der Waals surface area contributed by atoms with E-state index >= 15 is 0 Å². The van der Waals surface area contributed by atoms with Gasteiger partial charge in [-0.25, -0.2) is 9.13 Å². The van der Waals surface area contributed by atoms with Crippen molar-refractivity contribution in [2.24, 2.45) is 0 Å². The van der Waals surface area contributed by atoms with E-state index < -0.39 is 34.1 Å². The predicted octanol–water partition coefficient (Wildman–Crippen LogP) is -13.3. The molecule has 0 aliphatic carbocycles. The zero-order valence-corrected chi connectivity index (χ0v) is 22.3. The third-order valence-corrected chi connectivity index (χ3v) is 0. The van der Waals surface area contributed by atoms with Crippen LogP contribution in [0.1, 0.15) is 0 Å². The summed E-state index contributed by atoms with van der Waals surface area (Å²) in [5.74, 6) is 0. The van der Waals surface area contributed by atoms with Crippen LogP contribution in [0.15, 0.2) is 0 Å². The van der Waals surface area contributed by atoms with Gasteiger partial charge in [-0.2, -0.15) is 0 Å². The van der Waals surface area contributed by atoms with Crippen LogP contribution in [0, 0.1) is 71.2 Å². The van der Waals surface area contributed by atoms with Crippen LogP contribution in [0.5, 0.6) is 0 Å². The summed E-state index contributed by atoms with van der Waals surface area (Å²) in [6.45, 7) is 0. The van der Waals surface area contributed by atoms with Gasteiger partial charge in [0.15, 0.2) is 0 Å². The fraction of sp³-hybridized carbons (Fsp3) is 0. The van der Waals surface area contributed by atoms with E-state index in [0.29, 0.717) is 0 Å². The molecule has 0 amide bonds. The average Bonchev–Trinajstić information content (AvgIpc) is 1.88. The molecule has 0 atom stereocenters. The van der Waals surface area contributed by atoms with E-state index in [4.69, 9.17) is 83.5 Å². The summed E-state index contributed by atoms with van der Waals surface area (Å²) >= 11 is 0. The molecule has 176 valence electrons. The number of carbonyl (C=O) groups is 3. The Morgan fingerprint density at radius 3 is 0.448 bits per heavy atom. The van der Waals surface area contributed by atoms with E-state index in [1.54, 1.807) is 0 Å². The van der Waals surface area contributed by atoms with E-state index in [0.717, 1.165) is 0 Å². The number of rotatable bonds is 0. The first-order valence-electron chi connectivity index (χ1n) is 3.40. The monoisotopic (exact) mass is 744 g/mol. The van der Waals surface area contributed by atoms with E-state index in [-0.39, 0.29) is 98.6 Å². The number of hydrogen-bond donors (Lipinski definition) is 6. The van der Waals surface area contributed by atoms with Gasteiger partial charge in [-0.1, -0.05) is 0 Å². The molecule has 0 saturated carbocycles. The zero-order chi connectivity index (χ0) is 19.7. The van der Waals surface area contributed by atoms with E-state index in [1.165, 1.54) is 0 Å². The van der Waals surface area contributed by atoms with E-state index in [2.05, 4.69) is 0 Å². The summed E-state index contributed by atoms with van der Waals surface area (Å²) in [7, 11) is -9.28. The Morgan fingerprint density at radius 1 is 0.448 bits per heavy atom. The standard InChI is InChI=1S/3CH2O3.2La.2H3O4P.5H2O/c3*2-1(3)4;;;2*1-5(2,3)4;;;;;/h3*(H2,2,3,4);;;2*(H3,1,2,3,4);5*1H2/q;;;2*+3;;;;;;;/p-6. The second kappa shape index (κ2) is 46.4. The molecular weight excluding hydrogens is 728 g/mol. The number of carbonyl (C=O) groups excluding carboxylic acids is 3. The fourth-order valence-electron chi connectivity index (χ4n) is 0. The molecule has 0 radical (unpaired) electrons. The van der Waals surface area contributed by atoms with Gasteiger partial charge in [0.25, 0.3) is 0 Å². The SMILES string of the molecule is O.O.O.O.O.O=C([O-])[O-].O=C([O-])[O-].O=C([O-])[O-].O=P(O)(O)O.O=P(O)(O)O.[La+3].[La+3]. The van der Waals surface area contributed by atoms with Gasteiger partial charge < -0.3 is 102 Å². The van der Waals surface area contributed by atoms with Gasteiger partial charge in [0, 0.05) is 0 Å². The van der Waals surface area contributed by atoms with Crippen molar-refractivity contribution in [3.63, 3.8) is 0 Å². The Kier molecular flexibility index (Phi) is 126. The topological polar surface area (TPSA) is 503 Å². The normalized spacial score (nSPS) is 6.55. The molecule has 0 spiro atoms. The van der Waals surface area contributed by atoms with Gasteiger partial charge in [0.1, 0.15) is 0 Å². The van der Waals surface area contributed by atoms with Gasteiger partial charge in [0.2, 0.25) is 0 Å². The molecule has 0 rings (SSSR count). The molecule has 0 saturated heterocycles. The smallest absolute Gasteiger partial charge is 0.652 e. The van der Waals surface area contributed by atoms with Crippen LogP contribution in [-0.2, 0) is 9.13 Å². The average molecular weight is 744 g/mol. The maximum Gasteiger partial charge on any atom is 3.00 e. The molecule has 0 heterocycles. The largest absolute Gasteiger partial charge is 3.00 e. The quantitative estimate of drug-likeness (QED) is 0.125. The maximum atomic E-state index is 8.88. The molecule has 26 heteroatoms. The van der Waals surface area contributed by atoms with Crippen molar-refractivity contribution in [2.75, 3.05) is 0 Å². The minimum atomic E-state index is -4.64. The summed E-state index contributed by atoms with van der Waals surface area (Å²) < 4.78 is 17.8. The third-order valence-electron chi connectivity index (χ3n) is 0. The van der Waals surface area contributed by atoms with E-state index in [9.17, 15) is 0 Å². The number of hydrogen-bond acceptors (Lipinski definition) is 11.